The van der Waals surface area contributed by atoms with Gasteiger partial charge in [-0.05, 0) is 75.0 Å². The van der Waals surface area contributed by atoms with E-state index in [2.05, 4.69) is 95.6 Å². The number of benzene rings is 5. The Bertz CT molecular complexity index is 1880. The van der Waals surface area contributed by atoms with Crippen molar-refractivity contribution in [1.82, 2.24) is 4.57 Å². The predicted molar refractivity (Wildman–Crippen MR) is 140 cm³/mol. The summed E-state index contributed by atoms with van der Waals surface area (Å²) in [6.45, 7) is 0. The Morgan fingerprint density at radius 2 is 1.21 bits per heavy atom. The molecule has 0 N–H and O–H groups in total. The SMILES string of the molecule is c1ccc2c(c1)Cc1cc3c(cc1-2)-c1c(ccc2c1-n1c4ccccc4c4cccc(c41)C2)C3. The highest BCUT2D eigenvalue weighted by molar-refractivity contribution is 6.12. The first-order valence-corrected chi connectivity index (χ1v) is 12.3. The number of fused-ring (bicyclic) bond motifs is 12. The first-order chi connectivity index (χ1) is 16.8. The van der Waals surface area contributed by atoms with Crippen LogP contribution in [0.1, 0.15) is 33.4 Å². The van der Waals surface area contributed by atoms with Gasteiger partial charge in [0.25, 0.3) is 0 Å². The van der Waals surface area contributed by atoms with Gasteiger partial charge in [0, 0.05) is 22.8 Å². The van der Waals surface area contributed by atoms with Crippen molar-refractivity contribution in [2.24, 2.45) is 0 Å². The fourth-order valence-corrected chi connectivity index (χ4v) is 7.01. The second kappa shape index (κ2) is 5.87. The molecule has 0 atom stereocenters. The van der Waals surface area contributed by atoms with Crippen molar-refractivity contribution < 1.29 is 0 Å². The van der Waals surface area contributed by atoms with Gasteiger partial charge in [0.15, 0.2) is 0 Å². The third-order valence-electron chi connectivity index (χ3n) is 8.40. The van der Waals surface area contributed by atoms with Crippen LogP contribution in [0.5, 0.6) is 0 Å². The molecule has 0 saturated heterocycles. The van der Waals surface area contributed by atoms with E-state index >= 15 is 0 Å². The highest BCUT2D eigenvalue weighted by atomic mass is 15.0. The second-order valence-corrected chi connectivity index (χ2v) is 10.1. The molecule has 2 heterocycles. The third kappa shape index (κ3) is 1.98. The molecule has 1 aromatic heterocycles. The molecule has 1 heteroatoms. The Labute approximate surface area is 197 Å². The van der Waals surface area contributed by atoms with Crippen molar-refractivity contribution in [3.63, 3.8) is 0 Å². The maximum Gasteiger partial charge on any atom is 0.0579 e. The van der Waals surface area contributed by atoms with Crippen LogP contribution in [0.25, 0.3) is 49.7 Å². The molecule has 0 bridgehead atoms. The van der Waals surface area contributed by atoms with E-state index < -0.39 is 0 Å². The topological polar surface area (TPSA) is 4.93 Å². The van der Waals surface area contributed by atoms with Crippen molar-refractivity contribution in [3.05, 3.63) is 124 Å². The molecule has 158 valence electrons. The Morgan fingerprint density at radius 3 is 2.21 bits per heavy atom. The normalized spacial score (nSPS) is 14.1. The van der Waals surface area contributed by atoms with Gasteiger partial charge in [-0.1, -0.05) is 78.9 Å². The summed E-state index contributed by atoms with van der Waals surface area (Å²) in [5.74, 6) is 0. The van der Waals surface area contributed by atoms with Crippen LogP contribution in [0, 0.1) is 0 Å². The molecule has 1 aliphatic heterocycles. The molecule has 34 heavy (non-hydrogen) atoms. The van der Waals surface area contributed by atoms with Gasteiger partial charge in [-0.3, -0.25) is 0 Å². The van der Waals surface area contributed by atoms with Crippen molar-refractivity contribution in [1.29, 1.82) is 0 Å². The number of para-hydroxylation sites is 2. The maximum absolute atomic E-state index is 2.58. The van der Waals surface area contributed by atoms with Gasteiger partial charge in [0.2, 0.25) is 0 Å². The van der Waals surface area contributed by atoms with Gasteiger partial charge >= 0.3 is 0 Å². The average molecular weight is 432 g/mol. The molecule has 6 aromatic rings. The molecule has 0 unspecified atom stereocenters. The van der Waals surface area contributed by atoms with Crippen molar-refractivity contribution >= 4 is 21.8 Å². The molecule has 9 rings (SSSR count). The summed E-state index contributed by atoms with van der Waals surface area (Å²) in [7, 11) is 0. The summed E-state index contributed by atoms with van der Waals surface area (Å²) in [6.07, 6.45) is 3.09. The lowest BCUT2D eigenvalue weighted by molar-refractivity contribution is 1.04. The largest absolute Gasteiger partial charge is 0.308 e. The minimum Gasteiger partial charge on any atom is -0.308 e. The van der Waals surface area contributed by atoms with E-state index in [4.69, 9.17) is 0 Å². The molecule has 0 saturated carbocycles. The Kier molecular flexibility index (Phi) is 3.00. The van der Waals surface area contributed by atoms with E-state index in [0.29, 0.717) is 0 Å². The molecule has 5 aromatic carbocycles. The highest BCUT2D eigenvalue weighted by Crippen LogP contribution is 2.50. The standard InChI is InChI=1S/C33H21N/c1-2-8-25-19(6-1)14-23-17-24-15-20-12-13-22-16-21-7-5-10-27-26-9-3-4-11-30(26)34(32(21)27)33(22)31(20)29(24)18-28(23)25/h1-13,17-18H,14-16H2. The first-order valence-electron chi connectivity index (χ1n) is 12.3. The number of aromatic nitrogens is 1. The minimum absolute atomic E-state index is 0.999. The molecular formula is C33H21N. The van der Waals surface area contributed by atoms with Crippen LogP contribution in [-0.2, 0) is 19.3 Å². The summed E-state index contributed by atoms with van der Waals surface area (Å²) in [5.41, 5.74) is 18.6. The molecule has 0 radical (unpaired) electrons. The van der Waals surface area contributed by atoms with E-state index in [1.54, 1.807) is 0 Å². The molecule has 0 fully saturated rings. The van der Waals surface area contributed by atoms with E-state index in [1.807, 2.05) is 0 Å². The van der Waals surface area contributed by atoms with E-state index in [-0.39, 0.29) is 0 Å². The van der Waals surface area contributed by atoms with Gasteiger partial charge in [0.1, 0.15) is 0 Å². The van der Waals surface area contributed by atoms with Gasteiger partial charge in [-0.25, -0.2) is 0 Å². The Balaban J connectivity index is 1.40. The third-order valence-corrected chi connectivity index (χ3v) is 8.40. The zero-order valence-corrected chi connectivity index (χ0v) is 18.7. The summed E-state index contributed by atoms with van der Waals surface area (Å²) in [4.78, 5) is 0. The van der Waals surface area contributed by atoms with Gasteiger partial charge in [-0.15, -0.1) is 0 Å². The Morgan fingerprint density at radius 1 is 0.471 bits per heavy atom. The quantitative estimate of drug-likeness (QED) is 0.231. The molecule has 3 aliphatic rings. The smallest absolute Gasteiger partial charge is 0.0579 e. The van der Waals surface area contributed by atoms with Crippen LogP contribution in [-0.4, -0.2) is 4.57 Å². The van der Waals surface area contributed by atoms with Gasteiger partial charge in [-0.2, -0.15) is 0 Å². The van der Waals surface area contributed by atoms with Crippen LogP contribution >= 0.6 is 0 Å². The number of nitrogens with zero attached hydrogens (tertiary/aromatic N) is 1. The second-order valence-electron chi connectivity index (χ2n) is 10.1. The summed E-state index contributed by atoms with van der Waals surface area (Å²) in [6, 6.07) is 34.5. The van der Waals surface area contributed by atoms with Crippen molar-refractivity contribution in [3.8, 4) is 27.9 Å². The predicted octanol–water partition coefficient (Wildman–Crippen LogP) is 7.83. The van der Waals surface area contributed by atoms with Gasteiger partial charge in [0.05, 0.1) is 16.7 Å². The zero-order valence-electron chi connectivity index (χ0n) is 18.7. The lowest BCUT2D eigenvalue weighted by Crippen LogP contribution is -2.10. The fourth-order valence-electron chi connectivity index (χ4n) is 7.01. The molecule has 0 spiro atoms. The monoisotopic (exact) mass is 431 g/mol. The van der Waals surface area contributed by atoms with E-state index in [9.17, 15) is 0 Å². The van der Waals surface area contributed by atoms with Crippen LogP contribution < -0.4 is 0 Å². The number of hydrogen-bond acceptors (Lipinski definition) is 0. The van der Waals surface area contributed by atoms with Crippen molar-refractivity contribution in [2.45, 2.75) is 19.3 Å². The fraction of sp³-hybridized carbons (Fsp3) is 0.0909. The summed E-state index contributed by atoms with van der Waals surface area (Å²) in [5, 5.41) is 2.73. The lowest BCUT2D eigenvalue weighted by atomic mass is 9.91. The van der Waals surface area contributed by atoms with Crippen LogP contribution in [0.2, 0.25) is 0 Å². The van der Waals surface area contributed by atoms with E-state index in [0.717, 1.165) is 19.3 Å². The first kappa shape index (κ1) is 17.4. The van der Waals surface area contributed by atoms with Crippen molar-refractivity contribution in [2.75, 3.05) is 0 Å². The number of hydrogen-bond donors (Lipinski definition) is 0. The van der Waals surface area contributed by atoms with Crippen LogP contribution in [0.4, 0.5) is 0 Å². The molecule has 2 aliphatic carbocycles. The average Bonchev–Trinajstić information content (AvgIpc) is 3.53. The molecular weight excluding hydrogens is 410 g/mol. The zero-order chi connectivity index (χ0) is 22.0. The van der Waals surface area contributed by atoms with Crippen LogP contribution in [0.3, 0.4) is 0 Å². The van der Waals surface area contributed by atoms with E-state index in [1.165, 1.54) is 83.1 Å². The number of rotatable bonds is 0. The minimum atomic E-state index is 0.999. The molecule has 1 nitrogen and oxygen atoms in total. The maximum atomic E-state index is 2.58. The summed E-state index contributed by atoms with van der Waals surface area (Å²) < 4.78 is 2.58. The van der Waals surface area contributed by atoms with Crippen LogP contribution in [0.15, 0.2) is 91.0 Å². The Hall–Kier alpha value is -4.10. The molecule has 0 amide bonds. The summed E-state index contributed by atoms with van der Waals surface area (Å²) >= 11 is 0. The highest BCUT2D eigenvalue weighted by Gasteiger charge is 2.31. The van der Waals surface area contributed by atoms with Gasteiger partial charge < -0.3 is 4.57 Å². The lowest BCUT2D eigenvalue weighted by Gasteiger charge is -2.24.